The lowest BCUT2D eigenvalue weighted by Gasteiger charge is -2.28. The molecule has 1 aromatic rings. The van der Waals surface area contributed by atoms with Gasteiger partial charge >= 0.3 is 0 Å². The van der Waals surface area contributed by atoms with Crippen LogP contribution in [0.15, 0.2) is 30.3 Å². The van der Waals surface area contributed by atoms with Crippen LogP contribution in [0.5, 0.6) is 0 Å². The van der Waals surface area contributed by atoms with Crippen LogP contribution in [-0.2, 0) is 9.47 Å². The molecule has 4 nitrogen and oxygen atoms in total. The second kappa shape index (κ2) is 7.74. The smallest absolute Gasteiger partial charge is 0.0972 e. The lowest BCUT2D eigenvalue weighted by atomic mass is 10.1. The van der Waals surface area contributed by atoms with Crippen LogP contribution in [0, 0.1) is 0 Å². The second-order valence-electron chi connectivity index (χ2n) is 5.24. The molecule has 112 valence electrons. The van der Waals surface area contributed by atoms with Crippen molar-refractivity contribution < 1.29 is 9.47 Å². The van der Waals surface area contributed by atoms with Gasteiger partial charge in [-0.2, -0.15) is 0 Å². The van der Waals surface area contributed by atoms with E-state index >= 15 is 0 Å². The molecule has 20 heavy (non-hydrogen) atoms. The maximum Gasteiger partial charge on any atom is 0.0972 e. The Morgan fingerprint density at radius 3 is 2.25 bits per heavy atom. The third-order valence-electron chi connectivity index (χ3n) is 4.06. The second-order valence-corrected chi connectivity index (χ2v) is 5.24. The Morgan fingerprint density at radius 1 is 1.15 bits per heavy atom. The third kappa shape index (κ3) is 3.58. The number of nitrogens with one attached hydrogen (secondary N) is 1. The van der Waals surface area contributed by atoms with Crippen molar-refractivity contribution >= 4 is 0 Å². The van der Waals surface area contributed by atoms with E-state index in [0.29, 0.717) is 6.04 Å². The molecule has 0 radical (unpaired) electrons. The van der Waals surface area contributed by atoms with E-state index in [1.807, 2.05) is 0 Å². The zero-order chi connectivity index (χ0) is 14.4. The van der Waals surface area contributed by atoms with E-state index in [1.165, 1.54) is 5.56 Å². The van der Waals surface area contributed by atoms with Crippen molar-refractivity contribution in [1.82, 2.24) is 10.2 Å². The van der Waals surface area contributed by atoms with Gasteiger partial charge in [-0.25, -0.2) is 0 Å². The van der Waals surface area contributed by atoms with Crippen LogP contribution in [0.25, 0.3) is 0 Å². The summed E-state index contributed by atoms with van der Waals surface area (Å²) < 4.78 is 11.1. The first-order chi connectivity index (χ1) is 9.80. The fourth-order valence-corrected chi connectivity index (χ4v) is 2.89. The maximum atomic E-state index is 5.55. The van der Waals surface area contributed by atoms with Crippen LogP contribution in [0.3, 0.4) is 0 Å². The van der Waals surface area contributed by atoms with Crippen molar-refractivity contribution in [1.29, 1.82) is 0 Å². The summed E-state index contributed by atoms with van der Waals surface area (Å²) in [6, 6.07) is 11.0. The molecule has 3 atom stereocenters. The number of likely N-dealkylation sites (tertiary alicyclic amines) is 1. The van der Waals surface area contributed by atoms with Crippen molar-refractivity contribution in [3.63, 3.8) is 0 Å². The van der Waals surface area contributed by atoms with E-state index < -0.39 is 0 Å². The van der Waals surface area contributed by atoms with E-state index in [2.05, 4.69) is 47.5 Å². The van der Waals surface area contributed by atoms with Gasteiger partial charge in [0.2, 0.25) is 0 Å². The Bertz CT molecular complexity index is 373. The number of likely N-dealkylation sites (N-methyl/N-ethyl adjacent to an activating group) is 1. The van der Waals surface area contributed by atoms with Crippen LogP contribution in [0.2, 0.25) is 0 Å². The zero-order valence-corrected chi connectivity index (χ0v) is 12.7. The highest BCUT2D eigenvalue weighted by atomic mass is 16.5. The third-order valence-corrected chi connectivity index (χ3v) is 4.06. The van der Waals surface area contributed by atoms with Gasteiger partial charge in [0, 0.05) is 39.9 Å². The quantitative estimate of drug-likeness (QED) is 0.823. The number of nitrogens with zero attached hydrogens (tertiary/aromatic N) is 1. The molecule has 1 saturated heterocycles. The number of benzene rings is 1. The zero-order valence-electron chi connectivity index (χ0n) is 12.7. The molecule has 1 aromatic carbocycles. The molecular weight excluding hydrogens is 252 g/mol. The first kappa shape index (κ1) is 15.4. The van der Waals surface area contributed by atoms with E-state index in [-0.39, 0.29) is 12.2 Å². The number of hydrogen-bond acceptors (Lipinski definition) is 4. The topological polar surface area (TPSA) is 33.7 Å². The van der Waals surface area contributed by atoms with Gasteiger partial charge < -0.3 is 14.8 Å². The molecule has 1 aliphatic heterocycles. The summed E-state index contributed by atoms with van der Waals surface area (Å²) in [5, 5.41) is 3.47. The molecule has 1 aliphatic rings. The molecule has 0 aromatic heterocycles. The molecule has 1 heterocycles. The van der Waals surface area contributed by atoms with Crippen LogP contribution in [0.1, 0.15) is 18.5 Å². The van der Waals surface area contributed by atoms with Gasteiger partial charge in [0.05, 0.1) is 12.2 Å². The highest BCUT2D eigenvalue weighted by molar-refractivity contribution is 5.20. The molecule has 1 N–H and O–H groups in total. The van der Waals surface area contributed by atoms with Crippen LogP contribution in [-0.4, -0.2) is 57.5 Å². The summed E-state index contributed by atoms with van der Waals surface area (Å²) in [5.41, 5.74) is 1.35. The minimum absolute atomic E-state index is 0.160. The van der Waals surface area contributed by atoms with E-state index in [9.17, 15) is 0 Å². The first-order valence-corrected chi connectivity index (χ1v) is 7.35. The minimum atomic E-state index is 0.160. The number of hydrogen-bond donors (Lipinski definition) is 1. The lowest BCUT2D eigenvalue weighted by molar-refractivity contribution is -0.00461. The Morgan fingerprint density at radius 2 is 1.75 bits per heavy atom. The molecular formula is C16H26N2O2. The average Bonchev–Trinajstić information content (AvgIpc) is 2.92. The molecule has 0 saturated carbocycles. The first-order valence-electron chi connectivity index (χ1n) is 7.35. The summed E-state index contributed by atoms with van der Waals surface area (Å²) in [7, 11) is 3.53. The van der Waals surface area contributed by atoms with Crippen LogP contribution in [0.4, 0.5) is 0 Å². The van der Waals surface area contributed by atoms with Gasteiger partial charge in [0.15, 0.2) is 0 Å². The summed E-state index contributed by atoms with van der Waals surface area (Å²) in [6.45, 7) is 5.91. The molecule has 4 heteroatoms. The van der Waals surface area contributed by atoms with Crippen molar-refractivity contribution in [2.24, 2.45) is 0 Å². The summed E-state index contributed by atoms with van der Waals surface area (Å²) in [4.78, 5) is 2.46. The highest BCUT2D eigenvalue weighted by Crippen LogP contribution is 2.26. The van der Waals surface area contributed by atoms with Crippen molar-refractivity contribution in [2.45, 2.75) is 25.2 Å². The van der Waals surface area contributed by atoms with E-state index in [1.54, 1.807) is 14.2 Å². The Hall–Kier alpha value is -0.940. The predicted molar refractivity (Wildman–Crippen MR) is 80.9 cm³/mol. The number of ether oxygens (including phenoxy) is 2. The fourth-order valence-electron chi connectivity index (χ4n) is 2.89. The van der Waals surface area contributed by atoms with E-state index in [0.717, 1.165) is 26.2 Å². The Balaban J connectivity index is 2.11. The monoisotopic (exact) mass is 278 g/mol. The van der Waals surface area contributed by atoms with Crippen LogP contribution < -0.4 is 5.32 Å². The highest BCUT2D eigenvalue weighted by Gasteiger charge is 2.36. The van der Waals surface area contributed by atoms with Gasteiger partial charge in [-0.05, 0) is 12.1 Å². The van der Waals surface area contributed by atoms with Crippen molar-refractivity contribution in [3.05, 3.63) is 35.9 Å². The molecule has 3 unspecified atom stereocenters. The summed E-state index contributed by atoms with van der Waals surface area (Å²) >= 11 is 0. The molecule has 0 spiro atoms. The average molecular weight is 278 g/mol. The van der Waals surface area contributed by atoms with Gasteiger partial charge in [-0.3, -0.25) is 4.90 Å². The molecule has 0 amide bonds. The standard InChI is InChI=1S/C16H26N2O2/c1-4-17-10-14(13-8-6-5-7-9-13)18-11-15(19-2)16(12-18)20-3/h5-9,14-17H,4,10-12H2,1-3H3. The molecule has 1 fully saturated rings. The number of rotatable bonds is 7. The van der Waals surface area contributed by atoms with Gasteiger partial charge in [-0.15, -0.1) is 0 Å². The van der Waals surface area contributed by atoms with Crippen molar-refractivity contribution in [2.75, 3.05) is 40.4 Å². The summed E-state index contributed by atoms with van der Waals surface area (Å²) in [6.07, 6.45) is 0.320. The predicted octanol–water partition coefficient (Wildman–Crippen LogP) is 1.68. The van der Waals surface area contributed by atoms with Gasteiger partial charge in [-0.1, -0.05) is 37.3 Å². The summed E-state index contributed by atoms with van der Waals surface area (Å²) in [5.74, 6) is 0. The lowest BCUT2D eigenvalue weighted by Crippen LogP contribution is -2.35. The normalized spacial score (nSPS) is 24.9. The Kier molecular flexibility index (Phi) is 5.98. The minimum Gasteiger partial charge on any atom is -0.377 e. The maximum absolute atomic E-state index is 5.55. The molecule has 0 bridgehead atoms. The van der Waals surface area contributed by atoms with Gasteiger partial charge in [0.25, 0.3) is 0 Å². The fraction of sp³-hybridized carbons (Fsp3) is 0.625. The number of methoxy groups -OCH3 is 2. The van der Waals surface area contributed by atoms with E-state index in [4.69, 9.17) is 9.47 Å². The largest absolute Gasteiger partial charge is 0.377 e. The molecule has 2 rings (SSSR count). The van der Waals surface area contributed by atoms with Crippen LogP contribution >= 0.6 is 0 Å². The molecule has 0 aliphatic carbocycles. The SMILES string of the molecule is CCNCC(c1ccccc1)N1CC(OC)C(OC)C1. The Labute approximate surface area is 122 Å². The van der Waals surface area contributed by atoms with Crippen molar-refractivity contribution in [3.8, 4) is 0 Å². The van der Waals surface area contributed by atoms with Gasteiger partial charge in [0.1, 0.15) is 0 Å².